The van der Waals surface area contributed by atoms with Gasteiger partial charge in [-0.1, -0.05) is 24.3 Å². The van der Waals surface area contributed by atoms with Crippen LogP contribution in [0.3, 0.4) is 0 Å². The molecule has 6 nitrogen and oxygen atoms in total. The number of carbonyl (C=O) groups is 1. The number of aromatic nitrogens is 4. The molecule has 0 unspecified atom stereocenters. The SMILES string of the molecule is Cc1ccccc1Cn1ccc(NC(=O)CCn2nc(C(F)(F)F)c(Br)c2C)n1. The highest BCUT2D eigenvalue weighted by molar-refractivity contribution is 9.10. The van der Waals surface area contributed by atoms with Crippen molar-refractivity contribution >= 4 is 27.7 Å². The molecule has 1 aromatic carbocycles. The van der Waals surface area contributed by atoms with Gasteiger partial charge in [-0.2, -0.15) is 23.4 Å². The molecule has 0 aliphatic heterocycles. The summed E-state index contributed by atoms with van der Waals surface area (Å²) >= 11 is 2.92. The van der Waals surface area contributed by atoms with E-state index in [1.165, 1.54) is 11.6 Å². The van der Waals surface area contributed by atoms with E-state index in [-0.39, 0.29) is 23.3 Å². The van der Waals surface area contributed by atoms with E-state index in [0.717, 1.165) is 11.1 Å². The van der Waals surface area contributed by atoms with E-state index in [1.807, 2.05) is 31.2 Å². The van der Waals surface area contributed by atoms with Gasteiger partial charge in [-0.15, -0.1) is 0 Å². The second kappa shape index (κ2) is 8.40. The van der Waals surface area contributed by atoms with Gasteiger partial charge in [-0.3, -0.25) is 14.2 Å². The van der Waals surface area contributed by atoms with Crippen molar-refractivity contribution in [2.75, 3.05) is 5.32 Å². The third-order valence-electron chi connectivity index (χ3n) is 4.45. The van der Waals surface area contributed by atoms with Crippen molar-refractivity contribution in [3.63, 3.8) is 0 Å². The van der Waals surface area contributed by atoms with Gasteiger partial charge in [0.15, 0.2) is 11.5 Å². The van der Waals surface area contributed by atoms with Gasteiger partial charge in [0.1, 0.15) is 0 Å². The topological polar surface area (TPSA) is 64.7 Å². The van der Waals surface area contributed by atoms with Gasteiger partial charge < -0.3 is 5.32 Å². The lowest BCUT2D eigenvalue weighted by atomic mass is 10.1. The van der Waals surface area contributed by atoms with Gasteiger partial charge in [-0.05, 0) is 40.9 Å². The number of benzene rings is 1. The standard InChI is InChI=1S/C19H19BrF3N5O/c1-12-5-3-4-6-14(12)11-27-9-7-15(25-27)24-16(29)8-10-28-13(2)17(20)18(26-28)19(21,22)23/h3-7,9H,8,10-11H2,1-2H3,(H,24,25,29). The molecule has 3 aromatic rings. The average molecular weight is 470 g/mol. The Labute approximate surface area is 173 Å². The second-order valence-electron chi connectivity index (χ2n) is 6.59. The number of amides is 1. The number of nitrogens with zero attached hydrogens (tertiary/aromatic N) is 4. The summed E-state index contributed by atoms with van der Waals surface area (Å²) in [4.78, 5) is 12.2. The molecule has 0 radical (unpaired) electrons. The summed E-state index contributed by atoms with van der Waals surface area (Å²) in [7, 11) is 0. The number of anilines is 1. The van der Waals surface area contributed by atoms with Crippen molar-refractivity contribution in [2.45, 2.75) is 39.5 Å². The fourth-order valence-corrected chi connectivity index (χ4v) is 3.32. The number of alkyl halides is 3. The molecule has 0 spiro atoms. The Hall–Kier alpha value is -2.62. The molecule has 10 heteroatoms. The number of carbonyl (C=O) groups excluding carboxylic acids is 1. The van der Waals surface area contributed by atoms with Crippen molar-refractivity contribution < 1.29 is 18.0 Å². The molecule has 0 bridgehead atoms. The van der Waals surface area contributed by atoms with E-state index < -0.39 is 11.9 Å². The lowest BCUT2D eigenvalue weighted by molar-refractivity contribution is -0.142. The van der Waals surface area contributed by atoms with Crippen molar-refractivity contribution in [1.29, 1.82) is 0 Å². The molecule has 2 aromatic heterocycles. The van der Waals surface area contributed by atoms with Crippen LogP contribution in [-0.4, -0.2) is 25.5 Å². The number of halogens is 4. The van der Waals surface area contributed by atoms with Crippen molar-refractivity contribution in [2.24, 2.45) is 0 Å². The number of rotatable bonds is 6. The zero-order valence-corrected chi connectivity index (χ0v) is 17.4. The van der Waals surface area contributed by atoms with Gasteiger partial charge in [0.2, 0.25) is 5.91 Å². The lowest BCUT2D eigenvalue weighted by Crippen LogP contribution is -2.16. The van der Waals surface area contributed by atoms with Crippen LogP contribution in [-0.2, 0) is 24.1 Å². The molecule has 0 aliphatic carbocycles. The lowest BCUT2D eigenvalue weighted by Gasteiger charge is -2.06. The molecule has 0 atom stereocenters. The Bertz CT molecular complexity index is 1030. The fourth-order valence-electron chi connectivity index (χ4n) is 2.81. The van der Waals surface area contributed by atoms with Crippen LogP contribution in [0.2, 0.25) is 0 Å². The van der Waals surface area contributed by atoms with Gasteiger partial charge in [-0.25, -0.2) is 0 Å². The fraction of sp³-hybridized carbons (Fsp3) is 0.316. The summed E-state index contributed by atoms with van der Waals surface area (Å²) in [5.74, 6) is 0.0312. The molecular weight excluding hydrogens is 451 g/mol. The maximum Gasteiger partial charge on any atom is 0.436 e. The zero-order valence-electron chi connectivity index (χ0n) is 15.8. The van der Waals surface area contributed by atoms with Gasteiger partial charge in [0.05, 0.1) is 23.3 Å². The molecule has 0 fully saturated rings. The highest BCUT2D eigenvalue weighted by Gasteiger charge is 2.37. The molecule has 0 saturated carbocycles. The minimum absolute atomic E-state index is 0.0241. The molecule has 0 aliphatic rings. The molecule has 2 heterocycles. The molecule has 3 rings (SSSR count). The van der Waals surface area contributed by atoms with Gasteiger partial charge in [0.25, 0.3) is 0 Å². The highest BCUT2D eigenvalue weighted by atomic mass is 79.9. The second-order valence-corrected chi connectivity index (χ2v) is 7.39. The van der Waals surface area contributed by atoms with E-state index in [2.05, 4.69) is 31.4 Å². The Morgan fingerprint density at radius 1 is 1.17 bits per heavy atom. The van der Waals surface area contributed by atoms with Crippen LogP contribution in [0, 0.1) is 13.8 Å². The number of hydrogen-bond acceptors (Lipinski definition) is 3. The predicted molar refractivity (Wildman–Crippen MR) is 105 cm³/mol. The van der Waals surface area contributed by atoms with Crippen LogP contribution < -0.4 is 5.32 Å². The Morgan fingerprint density at radius 2 is 1.90 bits per heavy atom. The average Bonchev–Trinajstić information content (AvgIpc) is 3.20. The quantitative estimate of drug-likeness (QED) is 0.575. The van der Waals surface area contributed by atoms with Crippen LogP contribution in [0.15, 0.2) is 41.0 Å². The first-order chi connectivity index (χ1) is 13.6. The Morgan fingerprint density at radius 3 is 2.55 bits per heavy atom. The van der Waals surface area contributed by atoms with Crippen LogP contribution in [0.4, 0.5) is 19.0 Å². The first-order valence-corrected chi connectivity index (χ1v) is 9.62. The monoisotopic (exact) mass is 469 g/mol. The van der Waals surface area contributed by atoms with Crippen LogP contribution in [0.5, 0.6) is 0 Å². The largest absolute Gasteiger partial charge is 0.436 e. The molecule has 1 N–H and O–H groups in total. The van der Waals surface area contributed by atoms with E-state index in [0.29, 0.717) is 18.1 Å². The van der Waals surface area contributed by atoms with Gasteiger partial charge in [0, 0.05) is 18.7 Å². The third kappa shape index (κ3) is 5.06. The maximum absolute atomic E-state index is 12.9. The normalized spacial score (nSPS) is 11.7. The zero-order chi connectivity index (χ0) is 21.2. The van der Waals surface area contributed by atoms with E-state index in [1.54, 1.807) is 16.9 Å². The van der Waals surface area contributed by atoms with Crippen molar-refractivity contribution in [1.82, 2.24) is 19.6 Å². The summed E-state index contributed by atoms with van der Waals surface area (Å²) in [5, 5.41) is 10.5. The molecule has 154 valence electrons. The maximum atomic E-state index is 12.9. The predicted octanol–water partition coefficient (Wildman–Crippen LogP) is 4.55. The Kier molecular flexibility index (Phi) is 6.11. The summed E-state index contributed by atoms with van der Waals surface area (Å²) in [6.45, 7) is 4.12. The summed E-state index contributed by atoms with van der Waals surface area (Å²) in [6.07, 6.45) is -2.83. The third-order valence-corrected chi connectivity index (χ3v) is 5.40. The smallest absolute Gasteiger partial charge is 0.309 e. The number of aryl methyl sites for hydroxylation is 2. The summed E-state index contributed by atoms with van der Waals surface area (Å²) in [6, 6.07) is 9.61. The van der Waals surface area contributed by atoms with Crippen molar-refractivity contribution in [3.8, 4) is 0 Å². The first kappa shape index (κ1) is 21.1. The molecule has 29 heavy (non-hydrogen) atoms. The van der Waals surface area contributed by atoms with E-state index in [4.69, 9.17) is 0 Å². The molecular formula is C19H19BrF3N5O. The minimum Gasteiger partial charge on any atom is -0.309 e. The number of hydrogen-bond donors (Lipinski definition) is 1. The van der Waals surface area contributed by atoms with Crippen LogP contribution in [0.1, 0.15) is 28.9 Å². The molecule has 1 amide bonds. The Balaban J connectivity index is 1.58. The van der Waals surface area contributed by atoms with E-state index in [9.17, 15) is 18.0 Å². The van der Waals surface area contributed by atoms with Gasteiger partial charge >= 0.3 is 6.18 Å². The molecule has 0 saturated heterocycles. The highest BCUT2D eigenvalue weighted by Crippen LogP contribution is 2.35. The first-order valence-electron chi connectivity index (χ1n) is 8.83. The minimum atomic E-state index is -4.55. The van der Waals surface area contributed by atoms with E-state index >= 15 is 0 Å². The van der Waals surface area contributed by atoms with Crippen molar-refractivity contribution in [3.05, 3.63) is 63.5 Å². The summed E-state index contributed by atoms with van der Waals surface area (Å²) < 4.78 is 41.5. The number of nitrogens with one attached hydrogen (secondary N) is 1. The van der Waals surface area contributed by atoms with Crippen LogP contribution in [0.25, 0.3) is 0 Å². The van der Waals surface area contributed by atoms with Crippen LogP contribution >= 0.6 is 15.9 Å². The summed E-state index contributed by atoms with van der Waals surface area (Å²) in [5.41, 5.74) is 1.58.